The monoisotopic (exact) mass is 237 g/mol. The van der Waals surface area contributed by atoms with Gasteiger partial charge in [-0.3, -0.25) is 9.63 Å². The summed E-state index contributed by atoms with van der Waals surface area (Å²) in [7, 11) is 0. The number of benzene rings is 1. The fourth-order valence-corrected chi connectivity index (χ4v) is 1.41. The Labute approximate surface area is 102 Å². The van der Waals surface area contributed by atoms with Crippen molar-refractivity contribution in [3.8, 4) is 0 Å². The van der Waals surface area contributed by atoms with Gasteiger partial charge in [0.15, 0.2) is 0 Å². The third-order valence-electron chi connectivity index (χ3n) is 2.52. The molecule has 1 aromatic rings. The fraction of sp³-hybridized carbons (Fsp3) is 0.462. The van der Waals surface area contributed by atoms with Crippen molar-refractivity contribution in [2.24, 2.45) is 5.92 Å². The van der Waals surface area contributed by atoms with E-state index in [-0.39, 0.29) is 18.4 Å². The first-order chi connectivity index (χ1) is 8.09. The molecule has 1 atom stereocenters. The number of rotatable bonds is 7. The minimum absolute atomic E-state index is 0.0620. The standard InChI is InChI=1S/C13H19NO3/c1-10(2)12(8-13(15)16)14-17-9-11-6-4-3-5-7-11/h3-7,10,12,14H,8-9H2,1-2H3,(H,15,16)/t12-/m1/s1. The molecule has 2 N–H and O–H groups in total. The van der Waals surface area contributed by atoms with E-state index < -0.39 is 5.97 Å². The lowest BCUT2D eigenvalue weighted by molar-refractivity contribution is -0.139. The van der Waals surface area contributed by atoms with Crippen LogP contribution in [-0.2, 0) is 16.2 Å². The van der Waals surface area contributed by atoms with Crippen LogP contribution in [0.5, 0.6) is 0 Å². The number of hydrogen-bond acceptors (Lipinski definition) is 3. The highest BCUT2D eigenvalue weighted by atomic mass is 16.6. The fourth-order valence-electron chi connectivity index (χ4n) is 1.41. The maximum atomic E-state index is 10.7. The molecule has 0 saturated heterocycles. The molecule has 0 unspecified atom stereocenters. The summed E-state index contributed by atoms with van der Waals surface area (Å²) in [6.07, 6.45) is 0.0620. The molecule has 0 radical (unpaired) electrons. The van der Waals surface area contributed by atoms with Crippen molar-refractivity contribution >= 4 is 5.97 Å². The van der Waals surface area contributed by atoms with Crippen LogP contribution < -0.4 is 5.48 Å². The molecule has 0 spiro atoms. The van der Waals surface area contributed by atoms with Crippen molar-refractivity contribution in [1.29, 1.82) is 0 Å². The zero-order chi connectivity index (χ0) is 12.7. The maximum Gasteiger partial charge on any atom is 0.305 e. The van der Waals surface area contributed by atoms with Crippen molar-refractivity contribution in [2.45, 2.75) is 32.9 Å². The molecule has 0 aromatic heterocycles. The third kappa shape index (κ3) is 5.47. The number of hydroxylamine groups is 1. The van der Waals surface area contributed by atoms with E-state index in [0.29, 0.717) is 6.61 Å². The largest absolute Gasteiger partial charge is 0.481 e. The highest BCUT2D eigenvalue weighted by Crippen LogP contribution is 2.07. The van der Waals surface area contributed by atoms with E-state index in [1.807, 2.05) is 44.2 Å². The van der Waals surface area contributed by atoms with Crippen LogP contribution >= 0.6 is 0 Å². The van der Waals surface area contributed by atoms with Crippen molar-refractivity contribution in [3.63, 3.8) is 0 Å². The molecule has 0 heterocycles. The molecule has 4 nitrogen and oxygen atoms in total. The average molecular weight is 237 g/mol. The summed E-state index contributed by atoms with van der Waals surface area (Å²) in [5, 5.41) is 8.75. The van der Waals surface area contributed by atoms with Gasteiger partial charge in [0.25, 0.3) is 0 Å². The quantitative estimate of drug-likeness (QED) is 0.714. The normalized spacial score (nSPS) is 12.6. The molecule has 0 amide bonds. The Morgan fingerprint density at radius 3 is 2.53 bits per heavy atom. The Kier molecular flexibility index (Phi) is 5.66. The predicted molar refractivity (Wildman–Crippen MR) is 65.2 cm³/mol. The van der Waals surface area contributed by atoms with Crippen LogP contribution in [0.15, 0.2) is 30.3 Å². The topological polar surface area (TPSA) is 58.6 Å². The summed E-state index contributed by atoms with van der Waals surface area (Å²) in [4.78, 5) is 16.0. The first-order valence-electron chi connectivity index (χ1n) is 5.72. The van der Waals surface area contributed by atoms with Crippen LogP contribution in [0, 0.1) is 5.92 Å². The molecular formula is C13H19NO3. The molecule has 94 valence electrons. The molecule has 0 bridgehead atoms. The number of carboxylic acids is 1. The van der Waals surface area contributed by atoms with Crippen LogP contribution in [-0.4, -0.2) is 17.1 Å². The molecular weight excluding hydrogens is 218 g/mol. The lowest BCUT2D eigenvalue weighted by Crippen LogP contribution is -2.35. The molecule has 0 saturated carbocycles. The Bertz CT molecular complexity index is 338. The molecule has 0 aliphatic rings. The number of aliphatic carboxylic acids is 1. The van der Waals surface area contributed by atoms with Gasteiger partial charge < -0.3 is 5.11 Å². The van der Waals surface area contributed by atoms with Crippen LogP contribution in [0.25, 0.3) is 0 Å². The minimum atomic E-state index is -0.820. The van der Waals surface area contributed by atoms with E-state index in [1.54, 1.807) is 0 Å². The first-order valence-corrected chi connectivity index (χ1v) is 5.72. The van der Waals surface area contributed by atoms with E-state index in [4.69, 9.17) is 9.94 Å². The van der Waals surface area contributed by atoms with Gasteiger partial charge >= 0.3 is 5.97 Å². The van der Waals surface area contributed by atoms with Gasteiger partial charge in [0, 0.05) is 6.04 Å². The summed E-state index contributed by atoms with van der Waals surface area (Å²) in [6, 6.07) is 9.58. The lowest BCUT2D eigenvalue weighted by Gasteiger charge is -2.20. The highest BCUT2D eigenvalue weighted by Gasteiger charge is 2.16. The molecule has 0 aliphatic heterocycles. The SMILES string of the molecule is CC(C)[C@@H](CC(=O)O)NOCc1ccccc1. The summed E-state index contributed by atoms with van der Waals surface area (Å²) in [5.74, 6) is -0.610. The van der Waals surface area contributed by atoms with E-state index in [9.17, 15) is 4.79 Å². The second-order valence-corrected chi connectivity index (χ2v) is 4.34. The molecule has 1 rings (SSSR count). The van der Waals surface area contributed by atoms with Gasteiger partial charge in [-0.15, -0.1) is 0 Å². The summed E-state index contributed by atoms with van der Waals surface area (Å²) in [6.45, 7) is 4.36. The van der Waals surface area contributed by atoms with Gasteiger partial charge in [0.05, 0.1) is 13.0 Å². The molecule has 0 aliphatic carbocycles. The summed E-state index contributed by atoms with van der Waals surface area (Å²) < 4.78 is 0. The van der Waals surface area contributed by atoms with Gasteiger partial charge in [-0.1, -0.05) is 44.2 Å². The zero-order valence-electron chi connectivity index (χ0n) is 10.2. The minimum Gasteiger partial charge on any atom is -0.481 e. The van der Waals surface area contributed by atoms with Gasteiger partial charge in [-0.2, -0.15) is 5.48 Å². The summed E-state index contributed by atoms with van der Waals surface area (Å²) >= 11 is 0. The van der Waals surface area contributed by atoms with Crippen LogP contribution in [0.2, 0.25) is 0 Å². The van der Waals surface area contributed by atoms with E-state index in [0.717, 1.165) is 5.56 Å². The lowest BCUT2D eigenvalue weighted by atomic mass is 10.0. The van der Waals surface area contributed by atoms with Crippen molar-refractivity contribution in [1.82, 2.24) is 5.48 Å². The second-order valence-electron chi connectivity index (χ2n) is 4.34. The van der Waals surface area contributed by atoms with Crippen LogP contribution in [0.4, 0.5) is 0 Å². The average Bonchev–Trinajstić information content (AvgIpc) is 2.28. The van der Waals surface area contributed by atoms with E-state index >= 15 is 0 Å². The molecule has 1 aromatic carbocycles. The molecule has 4 heteroatoms. The van der Waals surface area contributed by atoms with Crippen molar-refractivity contribution in [3.05, 3.63) is 35.9 Å². The zero-order valence-corrected chi connectivity index (χ0v) is 10.2. The van der Waals surface area contributed by atoms with Gasteiger partial charge in [0.1, 0.15) is 0 Å². The van der Waals surface area contributed by atoms with Gasteiger partial charge in [-0.05, 0) is 11.5 Å². The van der Waals surface area contributed by atoms with Crippen molar-refractivity contribution in [2.75, 3.05) is 0 Å². The predicted octanol–water partition coefficient (Wildman–Crippen LogP) is 2.21. The van der Waals surface area contributed by atoms with Crippen LogP contribution in [0.1, 0.15) is 25.8 Å². The van der Waals surface area contributed by atoms with E-state index in [1.165, 1.54) is 0 Å². The van der Waals surface area contributed by atoms with Gasteiger partial charge in [0.2, 0.25) is 0 Å². The Balaban J connectivity index is 2.35. The maximum absolute atomic E-state index is 10.7. The number of hydrogen-bond donors (Lipinski definition) is 2. The second kappa shape index (κ2) is 7.04. The summed E-state index contributed by atoms with van der Waals surface area (Å²) in [5.41, 5.74) is 3.87. The molecule has 0 fully saturated rings. The van der Waals surface area contributed by atoms with E-state index in [2.05, 4.69) is 5.48 Å². The Morgan fingerprint density at radius 2 is 2.00 bits per heavy atom. The Hall–Kier alpha value is -1.39. The number of carboxylic acid groups (broad SMARTS) is 1. The number of carbonyl (C=O) groups is 1. The third-order valence-corrected chi connectivity index (χ3v) is 2.52. The van der Waals surface area contributed by atoms with Crippen molar-refractivity contribution < 1.29 is 14.7 Å². The molecule has 17 heavy (non-hydrogen) atoms. The highest BCUT2D eigenvalue weighted by molar-refractivity contribution is 5.67. The Morgan fingerprint density at radius 1 is 1.35 bits per heavy atom. The first kappa shape index (κ1) is 13.7. The number of nitrogens with one attached hydrogen (secondary N) is 1. The smallest absolute Gasteiger partial charge is 0.305 e. The van der Waals surface area contributed by atoms with Gasteiger partial charge in [-0.25, -0.2) is 0 Å². The van der Waals surface area contributed by atoms with Crippen LogP contribution in [0.3, 0.4) is 0 Å².